The van der Waals surface area contributed by atoms with Crippen LogP contribution in [0, 0.1) is 13.8 Å². The molecule has 5 rings (SSSR count). The van der Waals surface area contributed by atoms with Crippen molar-refractivity contribution in [2.45, 2.75) is 59.7 Å². The molecule has 2 aromatic carbocycles. The van der Waals surface area contributed by atoms with Gasteiger partial charge in [-0.05, 0) is 80.0 Å². The smallest absolute Gasteiger partial charge is 0.342 e. The third-order valence-electron chi connectivity index (χ3n) is 8.39. The number of aromatic carboxylic acids is 1. The predicted molar refractivity (Wildman–Crippen MR) is 169 cm³/mol. The Morgan fingerprint density at radius 1 is 1.21 bits per heavy atom. The summed E-state index contributed by atoms with van der Waals surface area (Å²) in [5, 5.41) is 13.7. The van der Waals surface area contributed by atoms with Gasteiger partial charge in [-0.15, -0.1) is 0 Å². The molecule has 1 saturated heterocycles. The van der Waals surface area contributed by atoms with Gasteiger partial charge in [0.2, 0.25) is 5.88 Å². The lowest BCUT2D eigenvalue weighted by Gasteiger charge is -2.34. The number of ether oxygens (including phenoxy) is 3. The van der Waals surface area contributed by atoms with Crippen LogP contribution >= 0.6 is 0 Å². The van der Waals surface area contributed by atoms with Gasteiger partial charge >= 0.3 is 5.97 Å². The first-order valence-corrected chi connectivity index (χ1v) is 14.9. The summed E-state index contributed by atoms with van der Waals surface area (Å²) in [4.78, 5) is 14.1. The van der Waals surface area contributed by atoms with Crippen molar-refractivity contribution < 1.29 is 24.1 Å². The second-order valence-electron chi connectivity index (χ2n) is 11.2. The fourth-order valence-corrected chi connectivity index (χ4v) is 5.91. The van der Waals surface area contributed by atoms with E-state index in [1.165, 1.54) is 33.1 Å². The number of hydrogen-bond acceptors (Lipinski definition) is 6. The van der Waals surface area contributed by atoms with Gasteiger partial charge in [-0.2, -0.15) is 5.10 Å². The molecule has 2 aliphatic rings. The largest absolute Gasteiger partial charge is 0.488 e. The number of rotatable bonds is 11. The van der Waals surface area contributed by atoms with Gasteiger partial charge < -0.3 is 19.3 Å². The Morgan fingerprint density at radius 2 is 2.05 bits per heavy atom. The van der Waals surface area contributed by atoms with E-state index in [1.807, 2.05) is 50.3 Å². The average Bonchev–Trinajstić information content (AvgIpc) is 3.68. The molecule has 226 valence electrons. The molecule has 1 fully saturated rings. The maximum Gasteiger partial charge on any atom is 0.342 e. The van der Waals surface area contributed by atoms with Crippen molar-refractivity contribution in [1.29, 1.82) is 0 Å². The summed E-state index contributed by atoms with van der Waals surface area (Å²) < 4.78 is 19.2. The first-order valence-electron chi connectivity index (χ1n) is 14.9. The molecular weight excluding hydrogens is 542 g/mol. The number of fused-ring (bicyclic) bond motifs is 1. The number of carboxylic acids is 1. The Labute approximate surface area is 253 Å². The Balaban J connectivity index is 1.29. The highest BCUT2D eigenvalue weighted by Crippen LogP contribution is 2.32. The number of carboxylic acid groups (broad SMARTS) is 1. The van der Waals surface area contributed by atoms with Crippen LogP contribution in [0.5, 0.6) is 11.6 Å². The first kappa shape index (κ1) is 30.3. The van der Waals surface area contributed by atoms with E-state index in [0.29, 0.717) is 25.0 Å². The summed E-state index contributed by atoms with van der Waals surface area (Å²) in [5.41, 5.74) is 8.91. The second-order valence-corrected chi connectivity index (χ2v) is 11.2. The lowest BCUT2D eigenvalue weighted by Crippen LogP contribution is -2.39. The van der Waals surface area contributed by atoms with Gasteiger partial charge in [-0.25, -0.2) is 9.48 Å². The van der Waals surface area contributed by atoms with Crippen LogP contribution in [0.25, 0.3) is 11.3 Å². The zero-order chi connectivity index (χ0) is 30.5. The van der Waals surface area contributed by atoms with Crippen molar-refractivity contribution in [3.05, 3.63) is 100 Å². The molecule has 8 nitrogen and oxygen atoms in total. The summed E-state index contributed by atoms with van der Waals surface area (Å²) >= 11 is 0. The van der Waals surface area contributed by atoms with E-state index >= 15 is 0 Å². The summed E-state index contributed by atoms with van der Waals surface area (Å²) in [6.07, 6.45) is 9.11. The molecule has 0 spiro atoms. The predicted octanol–water partition coefficient (Wildman–Crippen LogP) is 6.45. The summed E-state index contributed by atoms with van der Waals surface area (Å²) in [6.45, 7) is 16.8. The minimum absolute atomic E-state index is 0.0276. The zero-order valence-electron chi connectivity index (χ0n) is 25.6. The van der Waals surface area contributed by atoms with Crippen molar-refractivity contribution in [3.63, 3.8) is 0 Å². The van der Waals surface area contributed by atoms with Crippen LogP contribution in [0.4, 0.5) is 0 Å². The van der Waals surface area contributed by atoms with Crippen molar-refractivity contribution in [1.82, 2.24) is 14.7 Å². The number of benzene rings is 2. The van der Waals surface area contributed by atoms with E-state index in [2.05, 4.69) is 35.6 Å². The molecule has 0 radical (unpaired) electrons. The minimum Gasteiger partial charge on any atom is -0.488 e. The highest BCUT2D eigenvalue weighted by molar-refractivity contribution is 5.90. The number of hydrogen-bond donors (Lipinski definition) is 1. The molecule has 1 N–H and O–H groups in total. The Bertz CT molecular complexity index is 1560. The van der Waals surface area contributed by atoms with E-state index in [4.69, 9.17) is 14.2 Å². The summed E-state index contributed by atoms with van der Waals surface area (Å²) in [7, 11) is 0. The molecule has 1 aromatic heterocycles. The van der Waals surface area contributed by atoms with Crippen LogP contribution in [0.1, 0.15) is 64.0 Å². The number of aryl methyl sites for hydroxylation is 1. The molecule has 0 amide bonds. The normalized spacial score (nSPS) is 17.3. The van der Waals surface area contributed by atoms with Crippen LogP contribution in [0.2, 0.25) is 0 Å². The number of nitrogens with zero attached hydrogens (tertiary/aromatic N) is 3. The van der Waals surface area contributed by atoms with Gasteiger partial charge in [0, 0.05) is 37.0 Å². The van der Waals surface area contributed by atoms with E-state index in [9.17, 15) is 9.90 Å². The molecule has 8 heteroatoms. The number of carbonyl (C=O) groups is 1. The van der Waals surface area contributed by atoms with Crippen LogP contribution < -0.4 is 9.47 Å². The van der Waals surface area contributed by atoms with E-state index < -0.39 is 5.97 Å². The van der Waals surface area contributed by atoms with Crippen LogP contribution in [-0.4, -0.2) is 58.2 Å². The molecule has 2 aliphatic heterocycles. The molecule has 3 heterocycles. The summed E-state index contributed by atoms with van der Waals surface area (Å²) in [6, 6.07) is 11.1. The van der Waals surface area contributed by atoms with Gasteiger partial charge in [-0.3, -0.25) is 4.90 Å². The molecule has 43 heavy (non-hydrogen) atoms. The second kappa shape index (κ2) is 13.4. The van der Waals surface area contributed by atoms with Gasteiger partial charge in [0.25, 0.3) is 0 Å². The van der Waals surface area contributed by atoms with Crippen LogP contribution in [-0.2, 0) is 24.3 Å². The lowest BCUT2D eigenvalue weighted by atomic mass is 9.91. The fourth-order valence-electron chi connectivity index (χ4n) is 5.91. The van der Waals surface area contributed by atoms with Gasteiger partial charge in [0.05, 0.1) is 19.4 Å². The first-order chi connectivity index (χ1) is 20.8. The third kappa shape index (κ3) is 6.60. The van der Waals surface area contributed by atoms with Crippen molar-refractivity contribution in [2.75, 3.05) is 26.4 Å². The number of allylic oxidation sites excluding steroid dienone is 5. The maximum absolute atomic E-state index is 11.5. The summed E-state index contributed by atoms with van der Waals surface area (Å²) in [5.74, 6) is -0.0479. The van der Waals surface area contributed by atoms with Crippen LogP contribution in [0.15, 0.2) is 61.3 Å². The molecule has 1 atom stereocenters. The highest BCUT2D eigenvalue weighted by atomic mass is 16.5. The molecule has 3 aromatic rings. The average molecular weight is 584 g/mol. The van der Waals surface area contributed by atoms with Crippen LogP contribution in [0.3, 0.4) is 0 Å². The number of para-hydroxylation sites is 1. The van der Waals surface area contributed by atoms with Crippen molar-refractivity contribution in [3.8, 4) is 11.6 Å². The molecular formula is C35H41N3O5. The zero-order valence-corrected chi connectivity index (χ0v) is 25.6. The number of aromatic nitrogens is 2. The van der Waals surface area contributed by atoms with E-state index in [1.54, 1.807) is 6.92 Å². The quantitative estimate of drug-likeness (QED) is 0.260. The van der Waals surface area contributed by atoms with Gasteiger partial charge in [0.1, 0.15) is 17.9 Å². The fraction of sp³-hybridized carbons (Fsp3) is 0.371. The Hall–Kier alpha value is -4.14. The highest BCUT2D eigenvalue weighted by Gasteiger charge is 2.27. The Morgan fingerprint density at radius 3 is 2.79 bits per heavy atom. The topological polar surface area (TPSA) is 86.1 Å². The molecule has 0 bridgehead atoms. The minimum atomic E-state index is -1.08. The van der Waals surface area contributed by atoms with Gasteiger partial charge in [-0.1, -0.05) is 49.1 Å². The SMILES string of the molecule is C=C(/C=C\C=C(/C)n1ncc(C(=O)O)c1OCC)c1cccc(C)c1OCc1ccc2c(c1C)CCN([C@H]1CCOC1)C2. The standard InChI is InChI=1S/C35H41N3O5/c1-6-42-34-32(35(39)40)19-36-38(34)25(4)11-7-9-23(2)30-12-8-10-24(3)33(30)43-21-28-14-13-27-20-37(29-16-18-41-22-29)17-15-31(27)26(28)5/h7-14,19,29H,2,6,15-18,20-22H2,1,3-5H3,(H,39,40)/b9-7-,25-11+/t29-/m0/s1. The third-order valence-corrected chi connectivity index (χ3v) is 8.39. The molecule has 0 unspecified atom stereocenters. The van der Waals surface area contributed by atoms with E-state index in [0.717, 1.165) is 61.6 Å². The Kier molecular flexibility index (Phi) is 9.48. The van der Waals surface area contributed by atoms with Gasteiger partial charge in [0.15, 0.2) is 0 Å². The lowest BCUT2D eigenvalue weighted by molar-refractivity contribution is 0.0692. The molecule has 0 aliphatic carbocycles. The monoisotopic (exact) mass is 583 g/mol. The molecule has 0 saturated carbocycles. The van der Waals surface area contributed by atoms with Crippen molar-refractivity contribution >= 4 is 17.2 Å². The van der Waals surface area contributed by atoms with E-state index in [-0.39, 0.29) is 11.4 Å². The van der Waals surface area contributed by atoms with Crippen molar-refractivity contribution in [2.24, 2.45) is 0 Å². The maximum atomic E-state index is 11.5.